The minimum atomic E-state index is -0.913. The number of carbonyl (C=O) groups is 4. The zero-order valence-corrected chi connectivity index (χ0v) is 13.5. The van der Waals surface area contributed by atoms with Crippen LogP contribution < -0.4 is 5.32 Å². The topological polar surface area (TPSA) is 92.8 Å². The minimum Gasteiger partial charge on any atom is -0.343 e. The standard InChI is InChI=1S/C15H16N2O5S/c1-9(18)16-12(7-8-23-2)15(21)22-17-13(19)10-5-3-4-6-11(10)14(17)20/h3-6,12H,7-8H2,1-2H3,(H,16,18)/t12-/m0/s1. The van der Waals surface area contributed by atoms with Crippen LogP contribution in [0.25, 0.3) is 0 Å². The average Bonchev–Trinajstić information content (AvgIpc) is 2.76. The third kappa shape index (κ3) is 3.70. The molecule has 3 amide bonds. The number of fused-ring (bicyclic) bond motifs is 1. The van der Waals surface area contributed by atoms with Crippen LogP contribution >= 0.6 is 11.8 Å². The molecule has 0 aromatic heterocycles. The van der Waals surface area contributed by atoms with Crippen LogP contribution in [0, 0.1) is 0 Å². The van der Waals surface area contributed by atoms with Gasteiger partial charge >= 0.3 is 5.97 Å². The summed E-state index contributed by atoms with van der Waals surface area (Å²) in [5.41, 5.74) is 0.371. The van der Waals surface area contributed by atoms with Gasteiger partial charge in [0.15, 0.2) is 0 Å². The van der Waals surface area contributed by atoms with Gasteiger partial charge in [0.05, 0.1) is 11.1 Å². The van der Waals surface area contributed by atoms with E-state index in [-0.39, 0.29) is 11.1 Å². The van der Waals surface area contributed by atoms with E-state index in [2.05, 4.69) is 5.32 Å². The Morgan fingerprint density at radius 3 is 2.26 bits per heavy atom. The quantitative estimate of drug-likeness (QED) is 0.779. The van der Waals surface area contributed by atoms with Gasteiger partial charge in [-0.05, 0) is 30.6 Å². The van der Waals surface area contributed by atoms with Crippen LogP contribution in [0.4, 0.5) is 0 Å². The van der Waals surface area contributed by atoms with Gasteiger partial charge in [-0.1, -0.05) is 17.2 Å². The largest absolute Gasteiger partial charge is 0.355 e. The molecule has 1 aromatic carbocycles. The maximum Gasteiger partial charge on any atom is 0.355 e. The van der Waals surface area contributed by atoms with Gasteiger partial charge in [0.1, 0.15) is 6.04 Å². The molecule has 1 atom stereocenters. The second-order valence-electron chi connectivity index (χ2n) is 4.90. The fourth-order valence-corrected chi connectivity index (χ4v) is 2.61. The molecule has 0 saturated carbocycles. The van der Waals surface area contributed by atoms with Crippen molar-refractivity contribution in [2.24, 2.45) is 0 Å². The molecule has 0 aliphatic carbocycles. The Morgan fingerprint density at radius 1 is 1.22 bits per heavy atom. The Hall–Kier alpha value is -2.35. The number of imide groups is 1. The number of nitrogens with zero attached hydrogens (tertiary/aromatic N) is 1. The molecule has 0 unspecified atom stereocenters. The maximum absolute atomic E-state index is 12.2. The first-order valence-corrected chi connectivity index (χ1v) is 8.30. The van der Waals surface area contributed by atoms with Crippen molar-refractivity contribution >= 4 is 35.5 Å². The Morgan fingerprint density at radius 2 is 1.78 bits per heavy atom. The predicted octanol–water partition coefficient (Wildman–Crippen LogP) is 0.999. The van der Waals surface area contributed by atoms with E-state index in [1.807, 2.05) is 6.26 Å². The number of thioether (sulfide) groups is 1. The Balaban J connectivity index is 2.11. The van der Waals surface area contributed by atoms with E-state index in [9.17, 15) is 19.2 Å². The first kappa shape index (κ1) is 17.0. The number of hydrogen-bond donors (Lipinski definition) is 1. The van der Waals surface area contributed by atoms with Crippen LogP contribution in [0.15, 0.2) is 24.3 Å². The highest BCUT2D eigenvalue weighted by Crippen LogP contribution is 2.23. The van der Waals surface area contributed by atoms with Gasteiger partial charge in [0.2, 0.25) is 5.91 Å². The van der Waals surface area contributed by atoms with Crippen molar-refractivity contribution in [1.82, 2.24) is 10.4 Å². The molecule has 0 fully saturated rings. The number of hydroxylamine groups is 2. The van der Waals surface area contributed by atoms with E-state index in [4.69, 9.17) is 4.84 Å². The highest BCUT2D eigenvalue weighted by molar-refractivity contribution is 7.98. The summed E-state index contributed by atoms with van der Waals surface area (Å²) in [6.07, 6.45) is 2.20. The first-order chi connectivity index (χ1) is 11.0. The third-order valence-corrected chi connectivity index (χ3v) is 3.85. The van der Waals surface area contributed by atoms with Crippen molar-refractivity contribution in [2.75, 3.05) is 12.0 Å². The summed E-state index contributed by atoms with van der Waals surface area (Å²) in [6, 6.07) is 5.30. The lowest BCUT2D eigenvalue weighted by Gasteiger charge is -2.19. The van der Waals surface area contributed by atoms with E-state index in [1.165, 1.54) is 30.8 Å². The van der Waals surface area contributed by atoms with Crippen molar-refractivity contribution in [1.29, 1.82) is 0 Å². The Labute approximate surface area is 137 Å². The lowest BCUT2D eigenvalue weighted by Crippen LogP contribution is -2.45. The van der Waals surface area contributed by atoms with E-state index >= 15 is 0 Å². The number of benzene rings is 1. The molecule has 122 valence electrons. The van der Waals surface area contributed by atoms with Gasteiger partial charge < -0.3 is 10.2 Å². The molecule has 7 nitrogen and oxygen atoms in total. The maximum atomic E-state index is 12.2. The molecule has 0 spiro atoms. The molecule has 0 bridgehead atoms. The molecule has 0 radical (unpaired) electrons. The average molecular weight is 336 g/mol. The second-order valence-corrected chi connectivity index (χ2v) is 5.88. The molecule has 0 saturated heterocycles. The number of nitrogens with one attached hydrogen (secondary N) is 1. The van der Waals surface area contributed by atoms with Crippen LogP contribution in [-0.4, -0.2) is 46.8 Å². The zero-order chi connectivity index (χ0) is 17.0. The van der Waals surface area contributed by atoms with Crippen molar-refractivity contribution in [3.8, 4) is 0 Å². The van der Waals surface area contributed by atoms with Crippen LogP contribution in [0.2, 0.25) is 0 Å². The van der Waals surface area contributed by atoms with E-state index in [0.717, 1.165) is 0 Å². The van der Waals surface area contributed by atoms with Gasteiger partial charge in [-0.2, -0.15) is 11.8 Å². The Kier molecular flexibility index (Phi) is 5.38. The summed E-state index contributed by atoms with van der Waals surface area (Å²) in [5.74, 6) is -2.00. The molecule has 1 aliphatic rings. The van der Waals surface area contributed by atoms with Gasteiger partial charge in [-0.15, -0.1) is 0 Å². The van der Waals surface area contributed by atoms with E-state index in [1.54, 1.807) is 12.1 Å². The zero-order valence-electron chi connectivity index (χ0n) is 12.7. The summed E-state index contributed by atoms with van der Waals surface area (Å²) in [6.45, 7) is 1.28. The summed E-state index contributed by atoms with van der Waals surface area (Å²) < 4.78 is 0. The van der Waals surface area contributed by atoms with E-state index < -0.39 is 29.7 Å². The van der Waals surface area contributed by atoms with Crippen LogP contribution in [-0.2, 0) is 14.4 Å². The molecule has 1 aromatic rings. The van der Waals surface area contributed by atoms with Crippen LogP contribution in [0.1, 0.15) is 34.1 Å². The van der Waals surface area contributed by atoms with Gasteiger partial charge in [-0.25, -0.2) is 4.79 Å². The SMILES string of the molecule is CSCC[C@H](NC(C)=O)C(=O)ON1C(=O)c2ccccc2C1=O. The lowest BCUT2D eigenvalue weighted by molar-refractivity contribution is -0.171. The summed E-state index contributed by atoms with van der Waals surface area (Å²) in [5, 5.41) is 2.91. The molecule has 8 heteroatoms. The smallest absolute Gasteiger partial charge is 0.343 e. The summed E-state index contributed by atoms with van der Waals surface area (Å²) in [4.78, 5) is 52.6. The molecular weight excluding hydrogens is 320 g/mol. The minimum absolute atomic E-state index is 0.186. The fraction of sp³-hybridized carbons (Fsp3) is 0.333. The second kappa shape index (κ2) is 7.28. The number of hydrogen-bond acceptors (Lipinski definition) is 6. The molecule has 2 rings (SSSR count). The monoisotopic (exact) mass is 336 g/mol. The van der Waals surface area contributed by atoms with Gasteiger partial charge in [0, 0.05) is 6.92 Å². The third-order valence-electron chi connectivity index (χ3n) is 3.21. The van der Waals surface area contributed by atoms with Crippen molar-refractivity contribution < 1.29 is 24.0 Å². The van der Waals surface area contributed by atoms with Gasteiger partial charge in [0.25, 0.3) is 11.8 Å². The normalized spacial score (nSPS) is 14.4. The molecule has 1 N–H and O–H groups in total. The van der Waals surface area contributed by atoms with Crippen molar-refractivity contribution in [2.45, 2.75) is 19.4 Å². The lowest BCUT2D eigenvalue weighted by atomic mass is 10.1. The first-order valence-electron chi connectivity index (χ1n) is 6.91. The summed E-state index contributed by atoms with van der Waals surface area (Å²) >= 11 is 1.50. The van der Waals surface area contributed by atoms with E-state index in [0.29, 0.717) is 17.2 Å². The predicted molar refractivity (Wildman–Crippen MR) is 83.6 cm³/mol. The number of amides is 3. The van der Waals surface area contributed by atoms with Crippen LogP contribution in [0.5, 0.6) is 0 Å². The highest BCUT2D eigenvalue weighted by Gasteiger charge is 2.39. The highest BCUT2D eigenvalue weighted by atomic mass is 32.2. The molecule has 23 heavy (non-hydrogen) atoms. The fourth-order valence-electron chi connectivity index (χ4n) is 2.13. The number of carbonyl (C=O) groups excluding carboxylic acids is 4. The molecule has 1 aliphatic heterocycles. The molecule has 1 heterocycles. The van der Waals surface area contributed by atoms with Gasteiger partial charge in [-0.3, -0.25) is 14.4 Å². The molecular formula is C15H16N2O5S. The summed E-state index contributed by atoms with van der Waals surface area (Å²) in [7, 11) is 0. The number of rotatable bonds is 6. The Bertz CT molecular complexity index is 626. The van der Waals surface area contributed by atoms with Crippen molar-refractivity contribution in [3.05, 3.63) is 35.4 Å². The van der Waals surface area contributed by atoms with Crippen LogP contribution in [0.3, 0.4) is 0 Å². The van der Waals surface area contributed by atoms with Crippen molar-refractivity contribution in [3.63, 3.8) is 0 Å².